The van der Waals surface area contributed by atoms with Gasteiger partial charge in [-0.25, -0.2) is 8.78 Å². The second kappa shape index (κ2) is 4.95. The number of nitrogens with zero attached hydrogens (tertiary/aromatic N) is 2. The van der Waals surface area contributed by atoms with Crippen LogP contribution in [0.15, 0.2) is 30.6 Å². The molecule has 94 valence electrons. The van der Waals surface area contributed by atoms with Crippen LogP contribution < -0.4 is 5.73 Å². The molecule has 2 aromatic rings. The molecular weight excluding hydrogens is 240 g/mol. The van der Waals surface area contributed by atoms with E-state index in [1.165, 1.54) is 23.1 Å². The molecule has 2 N–H and O–H groups in total. The van der Waals surface area contributed by atoms with E-state index in [0.29, 0.717) is 24.1 Å². The molecule has 0 saturated carbocycles. The predicted octanol–water partition coefficient (Wildman–Crippen LogP) is 1.50. The van der Waals surface area contributed by atoms with Crippen molar-refractivity contribution in [3.63, 3.8) is 0 Å². The van der Waals surface area contributed by atoms with E-state index in [1.54, 1.807) is 0 Å². The third kappa shape index (κ3) is 2.71. The van der Waals surface area contributed by atoms with Gasteiger partial charge in [0, 0.05) is 12.7 Å². The minimum atomic E-state index is -0.870. The topological polar surface area (TPSA) is 60.9 Å². The van der Waals surface area contributed by atoms with E-state index in [9.17, 15) is 13.6 Å². The highest BCUT2D eigenvalue weighted by Gasteiger charge is 2.05. The first-order chi connectivity index (χ1) is 8.56. The van der Waals surface area contributed by atoms with Gasteiger partial charge < -0.3 is 5.73 Å². The van der Waals surface area contributed by atoms with Gasteiger partial charge in [0.2, 0.25) is 0 Å². The van der Waals surface area contributed by atoms with Crippen molar-refractivity contribution in [2.45, 2.75) is 13.0 Å². The summed E-state index contributed by atoms with van der Waals surface area (Å²) >= 11 is 0. The molecule has 0 spiro atoms. The van der Waals surface area contributed by atoms with E-state index >= 15 is 0 Å². The molecule has 0 unspecified atom stereocenters. The Morgan fingerprint density at radius 1 is 1.33 bits per heavy atom. The van der Waals surface area contributed by atoms with E-state index in [1.807, 2.05) is 0 Å². The van der Waals surface area contributed by atoms with Crippen molar-refractivity contribution in [3.05, 3.63) is 53.4 Å². The van der Waals surface area contributed by atoms with Crippen LogP contribution in [-0.4, -0.2) is 15.7 Å². The smallest absolute Gasteiger partial charge is 0.251 e. The number of hydrogen-bond donors (Lipinski definition) is 1. The number of rotatable bonds is 4. The number of hydrogen-bond acceptors (Lipinski definition) is 2. The average molecular weight is 251 g/mol. The lowest BCUT2D eigenvalue weighted by molar-refractivity contribution is 0.1000. The summed E-state index contributed by atoms with van der Waals surface area (Å²) in [6.45, 7) is 0.457. The second-order valence-corrected chi connectivity index (χ2v) is 3.85. The van der Waals surface area contributed by atoms with E-state index < -0.39 is 17.5 Å². The van der Waals surface area contributed by atoms with Gasteiger partial charge in [-0.05, 0) is 24.1 Å². The van der Waals surface area contributed by atoms with Crippen molar-refractivity contribution in [2.24, 2.45) is 5.73 Å². The van der Waals surface area contributed by atoms with E-state index in [4.69, 9.17) is 5.73 Å². The lowest BCUT2D eigenvalue weighted by Gasteiger charge is -2.02. The molecule has 18 heavy (non-hydrogen) atoms. The van der Waals surface area contributed by atoms with Crippen LogP contribution in [0.4, 0.5) is 8.78 Å². The summed E-state index contributed by atoms with van der Waals surface area (Å²) in [6, 6.07) is 3.74. The third-order valence-electron chi connectivity index (χ3n) is 2.53. The van der Waals surface area contributed by atoms with Crippen LogP contribution in [0.1, 0.15) is 15.9 Å². The molecule has 0 saturated heterocycles. The highest BCUT2D eigenvalue weighted by Crippen LogP contribution is 2.10. The fraction of sp³-hybridized carbons (Fsp3) is 0.167. The monoisotopic (exact) mass is 251 g/mol. The maximum Gasteiger partial charge on any atom is 0.251 e. The zero-order valence-electron chi connectivity index (χ0n) is 9.44. The van der Waals surface area contributed by atoms with E-state index in [2.05, 4.69) is 5.10 Å². The summed E-state index contributed by atoms with van der Waals surface area (Å²) in [5, 5.41) is 3.94. The number of aryl methyl sites for hydroxylation is 2. The Hall–Kier alpha value is -2.24. The van der Waals surface area contributed by atoms with Crippen molar-refractivity contribution in [1.82, 2.24) is 9.78 Å². The van der Waals surface area contributed by atoms with Crippen LogP contribution in [0.25, 0.3) is 0 Å². The molecule has 0 radical (unpaired) electrons. The summed E-state index contributed by atoms with van der Waals surface area (Å²) in [4.78, 5) is 10.8. The Morgan fingerprint density at radius 2 is 2.11 bits per heavy atom. The summed E-state index contributed by atoms with van der Waals surface area (Å²) in [7, 11) is 0. The van der Waals surface area contributed by atoms with Crippen molar-refractivity contribution < 1.29 is 13.6 Å². The van der Waals surface area contributed by atoms with Crippen LogP contribution in [-0.2, 0) is 13.0 Å². The molecule has 1 aromatic heterocycles. The number of carbonyl (C=O) groups excluding carboxylic acids is 1. The van der Waals surface area contributed by atoms with Crippen LogP contribution in [0.3, 0.4) is 0 Å². The number of carbonyl (C=O) groups is 1. The Kier molecular flexibility index (Phi) is 3.36. The lowest BCUT2D eigenvalue weighted by Crippen LogP contribution is -2.09. The van der Waals surface area contributed by atoms with Crippen LogP contribution in [0.2, 0.25) is 0 Å². The normalized spacial score (nSPS) is 10.6. The summed E-state index contributed by atoms with van der Waals surface area (Å²) < 4.78 is 27.2. The van der Waals surface area contributed by atoms with Crippen molar-refractivity contribution in [1.29, 1.82) is 0 Å². The standard InChI is InChI=1S/C12H11F2N3O/c13-10-2-1-8(5-11(10)14)3-4-17-7-9(6-16-17)12(15)18/h1-2,5-7H,3-4H2,(H2,15,18). The van der Waals surface area contributed by atoms with Gasteiger partial charge in [0.15, 0.2) is 11.6 Å². The van der Waals surface area contributed by atoms with Crippen LogP contribution in [0, 0.1) is 11.6 Å². The summed E-state index contributed by atoms with van der Waals surface area (Å²) in [6.07, 6.45) is 3.37. The minimum Gasteiger partial charge on any atom is -0.366 e. The van der Waals surface area contributed by atoms with Crippen molar-refractivity contribution in [2.75, 3.05) is 0 Å². The van der Waals surface area contributed by atoms with E-state index in [-0.39, 0.29) is 0 Å². The quantitative estimate of drug-likeness (QED) is 0.895. The van der Waals surface area contributed by atoms with Gasteiger partial charge in [-0.1, -0.05) is 6.07 Å². The molecule has 0 aliphatic rings. The molecule has 4 nitrogen and oxygen atoms in total. The molecule has 0 fully saturated rings. The van der Waals surface area contributed by atoms with Gasteiger partial charge in [0.05, 0.1) is 11.8 Å². The van der Waals surface area contributed by atoms with Gasteiger partial charge in [0.1, 0.15) is 0 Å². The van der Waals surface area contributed by atoms with Crippen molar-refractivity contribution in [3.8, 4) is 0 Å². The molecule has 0 bridgehead atoms. The molecular formula is C12H11F2N3O. The van der Waals surface area contributed by atoms with Gasteiger partial charge in [0.25, 0.3) is 5.91 Å². The first-order valence-electron chi connectivity index (χ1n) is 5.32. The number of aromatic nitrogens is 2. The third-order valence-corrected chi connectivity index (χ3v) is 2.53. The summed E-state index contributed by atoms with van der Waals surface area (Å²) in [5.74, 6) is -2.28. The number of amides is 1. The minimum absolute atomic E-state index is 0.320. The fourth-order valence-corrected chi connectivity index (χ4v) is 1.55. The van der Waals surface area contributed by atoms with Gasteiger partial charge >= 0.3 is 0 Å². The first-order valence-corrected chi connectivity index (χ1v) is 5.32. The van der Waals surface area contributed by atoms with Crippen LogP contribution >= 0.6 is 0 Å². The number of nitrogens with two attached hydrogens (primary N) is 1. The Balaban J connectivity index is 2.02. The van der Waals surface area contributed by atoms with Gasteiger partial charge in [-0.3, -0.25) is 9.48 Å². The maximum absolute atomic E-state index is 13.0. The highest BCUT2D eigenvalue weighted by atomic mass is 19.2. The van der Waals surface area contributed by atoms with Crippen LogP contribution in [0.5, 0.6) is 0 Å². The molecule has 6 heteroatoms. The Labute approximate surface area is 102 Å². The molecule has 2 rings (SSSR count). The largest absolute Gasteiger partial charge is 0.366 e. The number of benzene rings is 1. The molecule has 1 amide bonds. The zero-order chi connectivity index (χ0) is 13.1. The molecule has 0 aliphatic carbocycles. The summed E-state index contributed by atoms with van der Waals surface area (Å²) in [5.41, 5.74) is 6.06. The Bertz CT molecular complexity index is 580. The molecule has 0 aliphatic heterocycles. The molecule has 1 heterocycles. The SMILES string of the molecule is NC(=O)c1cnn(CCc2ccc(F)c(F)c2)c1. The average Bonchev–Trinajstić information content (AvgIpc) is 2.79. The molecule has 0 atom stereocenters. The maximum atomic E-state index is 13.0. The fourth-order valence-electron chi connectivity index (χ4n) is 1.55. The van der Waals surface area contributed by atoms with E-state index in [0.717, 1.165) is 12.1 Å². The van der Waals surface area contributed by atoms with Crippen molar-refractivity contribution >= 4 is 5.91 Å². The zero-order valence-corrected chi connectivity index (χ0v) is 9.44. The highest BCUT2D eigenvalue weighted by molar-refractivity contribution is 5.92. The van der Waals surface area contributed by atoms with Gasteiger partial charge in [-0.2, -0.15) is 5.10 Å². The predicted molar refractivity (Wildman–Crippen MR) is 60.8 cm³/mol. The lowest BCUT2D eigenvalue weighted by atomic mass is 10.1. The second-order valence-electron chi connectivity index (χ2n) is 3.85. The first kappa shape index (κ1) is 12.2. The van der Waals surface area contributed by atoms with Gasteiger partial charge in [-0.15, -0.1) is 0 Å². The molecule has 1 aromatic carbocycles. The Morgan fingerprint density at radius 3 is 2.72 bits per heavy atom. The number of primary amides is 1. The number of halogens is 2.